The highest BCUT2D eigenvalue weighted by atomic mass is 16.6. The molecule has 0 fully saturated rings. The van der Waals surface area contributed by atoms with Crippen molar-refractivity contribution >= 4 is 11.8 Å². The van der Waals surface area contributed by atoms with Gasteiger partial charge >= 0.3 is 11.8 Å². The van der Waals surface area contributed by atoms with Gasteiger partial charge in [0.25, 0.3) is 0 Å². The minimum atomic E-state index is -0.648. The van der Waals surface area contributed by atoms with Crippen LogP contribution in [0.15, 0.2) is 6.07 Å². The number of hydrogen-bond donors (Lipinski definition) is 0. The second-order valence-corrected chi connectivity index (χ2v) is 3.17. The van der Waals surface area contributed by atoms with Crippen molar-refractivity contribution in [3.63, 3.8) is 0 Å². The fourth-order valence-corrected chi connectivity index (χ4v) is 1.12. The highest BCUT2D eigenvalue weighted by Crippen LogP contribution is 2.17. The number of methoxy groups -OCH3 is 1. The Hall–Kier alpha value is -1.92. The van der Waals surface area contributed by atoms with Crippen LogP contribution in [-0.2, 0) is 4.74 Å². The van der Waals surface area contributed by atoms with E-state index in [-0.39, 0.29) is 17.6 Å². The molecule has 0 aromatic carbocycles. The zero-order valence-corrected chi connectivity index (χ0v) is 10.6. The molecule has 7 nitrogen and oxygen atoms in total. The van der Waals surface area contributed by atoms with Crippen LogP contribution in [0.25, 0.3) is 0 Å². The number of carbonyl (C=O) groups is 1. The minimum Gasteiger partial charge on any atom is -0.464 e. The largest absolute Gasteiger partial charge is 0.464 e. The summed E-state index contributed by atoms with van der Waals surface area (Å²) in [7, 11) is 1.21. The van der Waals surface area contributed by atoms with Crippen LogP contribution in [0.3, 0.4) is 0 Å². The van der Waals surface area contributed by atoms with Crippen molar-refractivity contribution in [1.82, 2.24) is 9.78 Å². The lowest BCUT2D eigenvalue weighted by molar-refractivity contribution is -0.389. The van der Waals surface area contributed by atoms with Crippen molar-refractivity contribution in [2.24, 2.45) is 0 Å². The molecule has 7 heteroatoms. The summed E-state index contributed by atoms with van der Waals surface area (Å²) in [5, 5.41) is 14.2. The van der Waals surface area contributed by atoms with Gasteiger partial charge in [0, 0.05) is 0 Å². The summed E-state index contributed by atoms with van der Waals surface area (Å²) in [6, 6.07) is 0.957. The van der Waals surface area contributed by atoms with Gasteiger partial charge in [-0.1, -0.05) is 13.8 Å². The van der Waals surface area contributed by atoms with Gasteiger partial charge in [-0.2, -0.15) is 4.68 Å². The summed E-state index contributed by atoms with van der Waals surface area (Å²) >= 11 is 0. The minimum absolute atomic E-state index is 0.0826. The highest BCUT2D eigenvalue weighted by molar-refractivity contribution is 5.88. The first-order chi connectivity index (χ1) is 7.97. The van der Waals surface area contributed by atoms with Crippen molar-refractivity contribution in [2.75, 3.05) is 7.11 Å². The van der Waals surface area contributed by atoms with Gasteiger partial charge in [-0.15, -0.1) is 0 Å². The predicted molar refractivity (Wildman–Crippen MR) is 62.0 cm³/mol. The Kier molecular flexibility index (Phi) is 5.87. The van der Waals surface area contributed by atoms with Gasteiger partial charge < -0.3 is 14.9 Å². The topological polar surface area (TPSA) is 87.3 Å². The van der Waals surface area contributed by atoms with E-state index in [4.69, 9.17) is 0 Å². The van der Waals surface area contributed by atoms with E-state index in [0.717, 1.165) is 6.07 Å². The van der Waals surface area contributed by atoms with E-state index in [1.165, 1.54) is 11.8 Å². The third-order valence-electron chi connectivity index (χ3n) is 1.79. The Balaban J connectivity index is 0.00000121. The predicted octanol–water partition coefficient (Wildman–Crippen LogP) is 2.18. The number of nitrogens with zero attached hydrogens (tertiary/aromatic N) is 3. The Morgan fingerprint density at radius 3 is 2.41 bits per heavy atom. The average molecular weight is 243 g/mol. The molecule has 0 bridgehead atoms. The first-order valence-corrected chi connectivity index (χ1v) is 5.29. The Labute approximate surface area is 99.5 Å². The third-order valence-corrected chi connectivity index (χ3v) is 1.79. The molecule has 0 spiro atoms. The Bertz CT molecular complexity index is 398. The van der Waals surface area contributed by atoms with Gasteiger partial charge in [-0.3, -0.25) is 0 Å². The second kappa shape index (κ2) is 6.62. The molecule has 1 aromatic heterocycles. The summed E-state index contributed by atoms with van der Waals surface area (Å²) in [5.74, 6) is -0.992. The molecule has 0 radical (unpaired) electrons. The van der Waals surface area contributed by atoms with Gasteiger partial charge in [-0.05, 0) is 18.8 Å². The summed E-state index contributed by atoms with van der Waals surface area (Å²) < 4.78 is 5.77. The lowest BCUT2D eigenvalue weighted by atomic mass is 10.3. The van der Waals surface area contributed by atoms with E-state index in [2.05, 4.69) is 9.84 Å². The van der Waals surface area contributed by atoms with Crippen molar-refractivity contribution in [2.45, 2.75) is 33.7 Å². The molecule has 0 aliphatic heterocycles. The molecule has 17 heavy (non-hydrogen) atoms. The third kappa shape index (κ3) is 3.54. The van der Waals surface area contributed by atoms with Gasteiger partial charge in [0.15, 0.2) is 5.69 Å². The Morgan fingerprint density at radius 2 is 2.06 bits per heavy atom. The molecule has 0 saturated heterocycles. The van der Waals surface area contributed by atoms with Crippen LogP contribution >= 0.6 is 0 Å². The number of esters is 1. The van der Waals surface area contributed by atoms with Crippen molar-refractivity contribution in [3.8, 4) is 0 Å². The van der Waals surface area contributed by atoms with Crippen molar-refractivity contribution in [3.05, 3.63) is 21.9 Å². The molecule has 1 heterocycles. The maximum atomic E-state index is 11.3. The number of aromatic nitrogens is 2. The van der Waals surface area contributed by atoms with E-state index in [1.54, 1.807) is 13.8 Å². The quantitative estimate of drug-likeness (QED) is 0.461. The fraction of sp³-hybridized carbons (Fsp3) is 0.600. The van der Waals surface area contributed by atoms with Crippen LogP contribution in [0.4, 0.5) is 5.82 Å². The van der Waals surface area contributed by atoms with Crippen LogP contribution in [0.5, 0.6) is 0 Å². The lowest BCUT2D eigenvalue weighted by Crippen LogP contribution is -2.13. The van der Waals surface area contributed by atoms with Crippen molar-refractivity contribution in [1.29, 1.82) is 0 Å². The molecule has 96 valence electrons. The average Bonchev–Trinajstić information content (AvgIpc) is 2.75. The molecule has 1 rings (SSSR count). The number of carbonyl (C=O) groups excluding carboxylic acids is 1. The molecule has 0 amide bonds. The van der Waals surface area contributed by atoms with E-state index in [9.17, 15) is 14.9 Å². The first-order valence-electron chi connectivity index (χ1n) is 5.29. The van der Waals surface area contributed by atoms with E-state index in [0.29, 0.717) is 0 Å². The summed E-state index contributed by atoms with van der Waals surface area (Å²) in [6.45, 7) is 7.53. The highest BCUT2D eigenvalue weighted by Gasteiger charge is 2.25. The standard InChI is InChI=1S/C8H11N3O4.C2H6/c1-5(2)10-6(8(12)15-3)4-7(9-10)11(13)14;1-2/h4-5H,1-3H3;1-2H3. The van der Waals surface area contributed by atoms with Crippen LogP contribution in [0.2, 0.25) is 0 Å². The lowest BCUT2D eigenvalue weighted by Gasteiger charge is -2.03. The van der Waals surface area contributed by atoms with Gasteiger partial charge in [0.2, 0.25) is 0 Å². The molecule has 0 aliphatic rings. The maximum absolute atomic E-state index is 11.3. The van der Waals surface area contributed by atoms with Crippen molar-refractivity contribution < 1.29 is 14.5 Å². The normalized spacial score (nSPS) is 9.53. The fourth-order valence-electron chi connectivity index (χ4n) is 1.12. The van der Waals surface area contributed by atoms with E-state index >= 15 is 0 Å². The van der Waals surface area contributed by atoms with Crippen LogP contribution in [0.1, 0.15) is 44.2 Å². The van der Waals surface area contributed by atoms with Gasteiger partial charge in [0.1, 0.15) is 0 Å². The first kappa shape index (κ1) is 15.1. The van der Waals surface area contributed by atoms with Crippen LogP contribution in [-0.4, -0.2) is 27.8 Å². The van der Waals surface area contributed by atoms with Gasteiger partial charge in [-0.25, -0.2) is 4.79 Å². The molecule has 0 atom stereocenters. The molecular formula is C10H17N3O4. The maximum Gasteiger partial charge on any atom is 0.390 e. The SMILES string of the molecule is CC.COC(=O)c1cc([N+](=O)[O-])nn1C(C)C. The summed E-state index contributed by atoms with van der Waals surface area (Å²) in [4.78, 5) is 21.1. The van der Waals surface area contributed by atoms with Crippen LogP contribution < -0.4 is 0 Å². The summed E-state index contributed by atoms with van der Waals surface area (Å²) in [5.41, 5.74) is 0.0826. The second-order valence-electron chi connectivity index (χ2n) is 3.17. The number of hydrogen-bond acceptors (Lipinski definition) is 5. The van der Waals surface area contributed by atoms with E-state index < -0.39 is 10.9 Å². The number of nitro groups is 1. The molecule has 0 saturated carbocycles. The van der Waals surface area contributed by atoms with Gasteiger partial charge in [0.05, 0.1) is 24.3 Å². The molecule has 0 aliphatic carbocycles. The zero-order valence-electron chi connectivity index (χ0n) is 10.6. The molecular weight excluding hydrogens is 226 g/mol. The van der Waals surface area contributed by atoms with Crippen LogP contribution in [0, 0.1) is 10.1 Å². The summed E-state index contributed by atoms with van der Waals surface area (Å²) in [6.07, 6.45) is 0. The molecule has 1 aromatic rings. The smallest absolute Gasteiger partial charge is 0.390 e. The van der Waals surface area contributed by atoms with E-state index in [1.807, 2.05) is 13.8 Å². The zero-order chi connectivity index (χ0) is 13.6. The Morgan fingerprint density at radius 1 is 1.53 bits per heavy atom. The molecule has 0 N–H and O–H groups in total. The number of ether oxygens (including phenoxy) is 1. The number of rotatable bonds is 3. The molecule has 0 unspecified atom stereocenters. The monoisotopic (exact) mass is 243 g/mol.